The van der Waals surface area contributed by atoms with E-state index in [1.165, 1.54) is 0 Å². The van der Waals surface area contributed by atoms with E-state index in [4.69, 9.17) is 17.3 Å². The molecule has 2 aliphatic heterocycles. The lowest BCUT2D eigenvalue weighted by Gasteiger charge is -2.41. The van der Waals surface area contributed by atoms with Gasteiger partial charge < -0.3 is 10.6 Å². The molecule has 0 aromatic heterocycles. The summed E-state index contributed by atoms with van der Waals surface area (Å²) in [5.41, 5.74) is 8.53. The average molecular weight is 524 g/mol. The molecule has 0 bridgehead atoms. The lowest BCUT2D eigenvalue weighted by Crippen LogP contribution is -2.54. The molecule has 9 heteroatoms. The molecule has 3 aliphatic rings. The highest BCUT2D eigenvalue weighted by Crippen LogP contribution is 2.37. The van der Waals surface area contributed by atoms with Crippen LogP contribution in [0.4, 0.5) is 0 Å². The Balaban J connectivity index is 1.51. The van der Waals surface area contributed by atoms with Crippen molar-refractivity contribution in [2.75, 3.05) is 31.1 Å². The Kier molecular flexibility index (Phi) is 8.13. The molecule has 1 aromatic rings. The molecule has 194 valence electrons. The molecule has 2 N–H and O–H groups in total. The molecule has 2 saturated heterocycles. The molecule has 1 aliphatic carbocycles. The fourth-order valence-corrected chi connectivity index (χ4v) is 8.39. The van der Waals surface area contributed by atoms with E-state index in [0.29, 0.717) is 36.9 Å². The summed E-state index contributed by atoms with van der Waals surface area (Å²) in [5, 5.41) is 0.522. The zero-order chi connectivity index (χ0) is 25.3. The topological polar surface area (TPSA) is 101 Å². The first kappa shape index (κ1) is 26.4. The van der Waals surface area contributed by atoms with Crippen LogP contribution >= 0.6 is 11.6 Å². The lowest BCUT2D eigenvalue weighted by atomic mass is 9.80. The van der Waals surface area contributed by atoms with Crippen LogP contribution < -0.4 is 5.73 Å². The Morgan fingerprint density at radius 1 is 1.14 bits per heavy atom. The van der Waals surface area contributed by atoms with Gasteiger partial charge in [0, 0.05) is 43.2 Å². The van der Waals surface area contributed by atoms with Gasteiger partial charge in [-0.25, -0.2) is 8.42 Å². The van der Waals surface area contributed by atoms with E-state index in [9.17, 15) is 18.0 Å². The number of nitrogens with zero attached hydrogens (tertiary/aromatic N) is 2. The number of primary amides is 1. The van der Waals surface area contributed by atoms with Crippen LogP contribution in [0.2, 0.25) is 5.02 Å². The molecule has 4 rings (SSSR count). The second kappa shape index (κ2) is 10.8. The monoisotopic (exact) mass is 523 g/mol. The highest BCUT2D eigenvalue weighted by molar-refractivity contribution is 7.91. The van der Waals surface area contributed by atoms with Crippen LogP contribution in [0.1, 0.15) is 68.1 Å². The van der Waals surface area contributed by atoms with Crippen molar-refractivity contribution < 1.29 is 18.0 Å². The molecule has 3 fully saturated rings. The van der Waals surface area contributed by atoms with Crippen molar-refractivity contribution in [2.45, 2.75) is 70.9 Å². The predicted octanol–water partition coefficient (Wildman–Crippen LogP) is 3.27. The summed E-state index contributed by atoms with van der Waals surface area (Å²) < 4.78 is 24.6. The van der Waals surface area contributed by atoms with Gasteiger partial charge in [0.1, 0.15) is 0 Å². The number of carbonyl (C=O) groups excluding carboxylic acids is 2. The van der Waals surface area contributed by atoms with Gasteiger partial charge in [-0.05, 0) is 74.3 Å². The highest BCUT2D eigenvalue weighted by atomic mass is 35.5. The minimum atomic E-state index is -3.18. The molecule has 2 unspecified atom stereocenters. The van der Waals surface area contributed by atoms with Crippen molar-refractivity contribution in [3.63, 3.8) is 0 Å². The van der Waals surface area contributed by atoms with Gasteiger partial charge in [0.15, 0.2) is 9.84 Å². The van der Waals surface area contributed by atoms with Crippen molar-refractivity contribution in [3.8, 4) is 0 Å². The summed E-state index contributed by atoms with van der Waals surface area (Å²) in [6, 6.07) is 3.84. The number of amides is 2. The van der Waals surface area contributed by atoms with Crippen LogP contribution in [0.5, 0.6) is 0 Å². The van der Waals surface area contributed by atoms with Crippen LogP contribution in [-0.4, -0.2) is 67.2 Å². The Bertz CT molecular complexity index is 1070. The Morgan fingerprint density at radius 2 is 1.86 bits per heavy atom. The molecular weight excluding hydrogens is 486 g/mol. The number of sulfone groups is 1. The summed E-state index contributed by atoms with van der Waals surface area (Å²) >= 11 is 6.51. The zero-order valence-corrected chi connectivity index (χ0v) is 22.4. The quantitative estimate of drug-likeness (QED) is 0.616. The van der Waals surface area contributed by atoms with E-state index in [-0.39, 0.29) is 29.4 Å². The molecule has 7 nitrogen and oxygen atoms in total. The average Bonchev–Trinajstić information content (AvgIpc) is 3.31. The maximum atomic E-state index is 13.0. The number of halogens is 1. The summed E-state index contributed by atoms with van der Waals surface area (Å²) in [4.78, 5) is 29.9. The van der Waals surface area contributed by atoms with Crippen molar-refractivity contribution in [1.29, 1.82) is 0 Å². The maximum Gasteiger partial charge on any atom is 0.226 e. The normalized spacial score (nSPS) is 26.5. The highest BCUT2D eigenvalue weighted by Gasteiger charge is 2.37. The van der Waals surface area contributed by atoms with Crippen LogP contribution in [0, 0.1) is 18.8 Å². The summed E-state index contributed by atoms with van der Waals surface area (Å²) in [6.45, 7) is 7.01. The van der Waals surface area contributed by atoms with Gasteiger partial charge in [0.2, 0.25) is 11.8 Å². The summed E-state index contributed by atoms with van der Waals surface area (Å²) in [6.07, 6.45) is 5.53. The van der Waals surface area contributed by atoms with E-state index >= 15 is 0 Å². The van der Waals surface area contributed by atoms with E-state index in [2.05, 4.69) is 16.7 Å². The maximum absolute atomic E-state index is 13.0. The molecule has 3 atom stereocenters. The lowest BCUT2D eigenvalue weighted by molar-refractivity contribution is -0.140. The number of nitrogens with two attached hydrogens (primary N) is 1. The third-order valence-corrected chi connectivity index (χ3v) is 10.3. The van der Waals surface area contributed by atoms with Crippen molar-refractivity contribution >= 4 is 33.3 Å². The van der Waals surface area contributed by atoms with E-state index in [1.54, 1.807) is 6.07 Å². The van der Waals surface area contributed by atoms with Crippen molar-refractivity contribution in [2.24, 2.45) is 17.6 Å². The Hall–Kier alpha value is -1.64. The van der Waals surface area contributed by atoms with Gasteiger partial charge in [-0.15, -0.1) is 0 Å². The zero-order valence-electron chi connectivity index (χ0n) is 20.8. The number of benzene rings is 1. The Labute approximate surface area is 214 Å². The fourth-order valence-electron chi connectivity index (χ4n) is 6.36. The summed E-state index contributed by atoms with van der Waals surface area (Å²) in [7, 11) is -3.18. The third kappa shape index (κ3) is 6.03. The van der Waals surface area contributed by atoms with Crippen molar-refractivity contribution in [3.05, 3.63) is 33.8 Å². The smallest absolute Gasteiger partial charge is 0.226 e. The first-order valence-corrected chi connectivity index (χ1v) is 15.1. The van der Waals surface area contributed by atoms with Crippen molar-refractivity contribution in [1.82, 2.24) is 9.80 Å². The molecule has 0 radical (unpaired) electrons. The Morgan fingerprint density at radius 3 is 2.49 bits per heavy atom. The number of carbonyl (C=O) groups is 2. The van der Waals surface area contributed by atoms with Crippen LogP contribution in [-0.2, 0) is 26.0 Å². The number of piperazine rings is 1. The fraction of sp³-hybridized carbons (Fsp3) is 0.692. The molecule has 2 amide bonds. The number of rotatable bonds is 6. The first-order valence-electron chi connectivity index (χ1n) is 12.9. The molecule has 1 saturated carbocycles. The SMILES string of the molecule is Cc1c(CN2CCN(C(=O)C3CCCC3)[C@@H](C)C2)cc(Cl)cc1C(C(N)=O)C1CCCS(=O)(=O)C1. The van der Waals surface area contributed by atoms with Gasteiger partial charge in [-0.1, -0.05) is 24.4 Å². The molecule has 2 heterocycles. The number of hydrogen-bond donors (Lipinski definition) is 1. The van der Waals surface area contributed by atoms with E-state index in [0.717, 1.165) is 55.5 Å². The van der Waals surface area contributed by atoms with E-state index in [1.807, 2.05) is 13.0 Å². The first-order chi connectivity index (χ1) is 16.6. The molecule has 1 aromatic carbocycles. The van der Waals surface area contributed by atoms with Crippen LogP contribution in [0.3, 0.4) is 0 Å². The van der Waals surface area contributed by atoms with Gasteiger partial charge in [-0.2, -0.15) is 0 Å². The van der Waals surface area contributed by atoms with Gasteiger partial charge in [0.25, 0.3) is 0 Å². The second-order valence-electron chi connectivity index (χ2n) is 10.8. The van der Waals surface area contributed by atoms with Gasteiger partial charge >= 0.3 is 0 Å². The third-order valence-electron chi connectivity index (χ3n) is 8.22. The minimum Gasteiger partial charge on any atom is -0.369 e. The second-order valence-corrected chi connectivity index (χ2v) is 13.4. The molecule has 0 spiro atoms. The van der Waals surface area contributed by atoms with Crippen LogP contribution in [0.15, 0.2) is 12.1 Å². The largest absolute Gasteiger partial charge is 0.369 e. The van der Waals surface area contributed by atoms with Gasteiger partial charge in [-0.3, -0.25) is 14.5 Å². The van der Waals surface area contributed by atoms with Crippen LogP contribution in [0.25, 0.3) is 0 Å². The molecule has 35 heavy (non-hydrogen) atoms. The van der Waals surface area contributed by atoms with Gasteiger partial charge in [0.05, 0.1) is 17.4 Å². The summed E-state index contributed by atoms with van der Waals surface area (Å²) in [5.74, 6) is -0.864. The minimum absolute atomic E-state index is 0.0175. The van der Waals surface area contributed by atoms with E-state index < -0.39 is 21.7 Å². The standard InChI is InChI=1S/C26H38ClN3O4S/c1-17-14-29(9-10-30(17)26(32)19-6-3-4-7-19)15-21-12-22(27)13-23(18(21)2)24(25(28)31)20-8-5-11-35(33,34)16-20/h12-13,17,19-20,24H,3-11,14-16H2,1-2H3,(H2,28,31)/t17-,20?,24?/m0/s1. The number of hydrogen-bond acceptors (Lipinski definition) is 5. The molecular formula is C26H38ClN3O4S. The predicted molar refractivity (Wildman–Crippen MR) is 138 cm³/mol.